The van der Waals surface area contributed by atoms with E-state index in [-0.39, 0.29) is 0 Å². The predicted molar refractivity (Wildman–Crippen MR) is 71.3 cm³/mol. The summed E-state index contributed by atoms with van der Waals surface area (Å²) in [6.45, 7) is 9.24. The average molecular weight is 217 g/mol. The van der Waals surface area contributed by atoms with E-state index < -0.39 is 0 Å². The van der Waals surface area contributed by atoms with Gasteiger partial charge in [0.25, 0.3) is 0 Å². The van der Waals surface area contributed by atoms with E-state index in [1.165, 1.54) is 49.2 Å². The van der Waals surface area contributed by atoms with E-state index in [4.69, 9.17) is 0 Å². The molecule has 1 aliphatic heterocycles. The topological polar surface area (TPSA) is 3.24 Å². The summed E-state index contributed by atoms with van der Waals surface area (Å²) in [4.78, 5) is 2.54. The molecule has 1 aliphatic rings. The molecule has 0 saturated carbocycles. The first-order valence-corrected chi connectivity index (χ1v) is 6.54. The number of rotatable bonds is 2. The number of nitrogens with zero attached hydrogens (tertiary/aromatic N) is 1. The third kappa shape index (κ3) is 2.40. The molecule has 1 saturated heterocycles. The van der Waals surface area contributed by atoms with Gasteiger partial charge in [-0.1, -0.05) is 26.0 Å². The third-order valence-corrected chi connectivity index (χ3v) is 3.58. The molecule has 0 spiro atoms. The molecule has 0 bridgehead atoms. The lowest BCUT2D eigenvalue weighted by Crippen LogP contribution is -2.29. The van der Waals surface area contributed by atoms with E-state index in [2.05, 4.69) is 43.9 Å². The Morgan fingerprint density at radius 1 is 1.06 bits per heavy atom. The van der Waals surface area contributed by atoms with Crippen molar-refractivity contribution in [1.82, 2.24) is 0 Å². The van der Waals surface area contributed by atoms with Crippen LogP contribution in [0.4, 0.5) is 5.69 Å². The van der Waals surface area contributed by atoms with Crippen molar-refractivity contribution in [2.75, 3.05) is 18.0 Å². The maximum absolute atomic E-state index is 2.54. The van der Waals surface area contributed by atoms with Crippen LogP contribution in [0.15, 0.2) is 18.2 Å². The van der Waals surface area contributed by atoms with Crippen LogP contribution in [0, 0.1) is 6.92 Å². The molecular formula is C15H23N. The van der Waals surface area contributed by atoms with Gasteiger partial charge in [-0.15, -0.1) is 0 Å². The molecule has 1 fully saturated rings. The van der Waals surface area contributed by atoms with Gasteiger partial charge >= 0.3 is 0 Å². The summed E-state index contributed by atoms with van der Waals surface area (Å²) < 4.78 is 0. The van der Waals surface area contributed by atoms with Crippen molar-refractivity contribution >= 4 is 5.69 Å². The third-order valence-electron chi connectivity index (χ3n) is 3.58. The normalized spacial score (nSPS) is 16.9. The zero-order valence-corrected chi connectivity index (χ0v) is 10.8. The Labute approximate surface area is 99.5 Å². The van der Waals surface area contributed by atoms with Crippen molar-refractivity contribution in [3.8, 4) is 0 Å². The van der Waals surface area contributed by atoms with Gasteiger partial charge in [0.15, 0.2) is 0 Å². The van der Waals surface area contributed by atoms with Gasteiger partial charge in [-0.25, -0.2) is 0 Å². The van der Waals surface area contributed by atoms with Crippen LogP contribution >= 0.6 is 0 Å². The minimum atomic E-state index is 0.633. The van der Waals surface area contributed by atoms with Gasteiger partial charge in [0.05, 0.1) is 0 Å². The number of piperidine rings is 1. The quantitative estimate of drug-likeness (QED) is 0.720. The van der Waals surface area contributed by atoms with Gasteiger partial charge in [-0.3, -0.25) is 0 Å². The van der Waals surface area contributed by atoms with Crippen LogP contribution in [-0.2, 0) is 0 Å². The lowest BCUT2D eigenvalue weighted by molar-refractivity contribution is 0.577. The lowest BCUT2D eigenvalue weighted by atomic mass is 9.99. The Kier molecular flexibility index (Phi) is 3.52. The second-order valence-corrected chi connectivity index (χ2v) is 5.25. The Morgan fingerprint density at radius 3 is 2.31 bits per heavy atom. The first-order valence-electron chi connectivity index (χ1n) is 6.54. The van der Waals surface area contributed by atoms with Gasteiger partial charge < -0.3 is 4.90 Å². The van der Waals surface area contributed by atoms with Crippen LogP contribution in [0.3, 0.4) is 0 Å². The van der Waals surface area contributed by atoms with Crippen LogP contribution in [0.2, 0.25) is 0 Å². The summed E-state index contributed by atoms with van der Waals surface area (Å²) in [5.41, 5.74) is 4.34. The first-order chi connectivity index (χ1) is 7.68. The van der Waals surface area contributed by atoms with Gasteiger partial charge in [0.1, 0.15) is 0 Å². The summed E-state index contributed by atoms with van der Waals surface area (Å²) in [6, 6.07) is 6.96. The fourth-order valence-electron chi connectivity index (χ4n) is 2.53. The molecule has 0 N–H and O–H groups in total. The van der Waals surface area contributed by atoms with Crippen LogP contribution in [-0.4, -0.2) is 13.1 Å². The lowest BCUT2D eigenvalue weighted by Gasteiger charge is -2.30. The van der Waals surface area contributed by atoms with Crippen LogP contribution < -0.4 is 4.90 Å². The zero-order valence-electron chi connectivity index (χ0n) is 10.8. The Bertz CT molecular complexity index is 348. The largest absolute Gasteiger partial charge is 0.371 e. The highest BCUT2D eigenvalue weighted by molar-refractivity contribution is 5.55. The second-order valence-electron chi connectivity index (χ2n) is 5.25. The molecule has 88 valence electrons. The Morgan fingerprint density at radius 2 is 1.75 bits per heavy atom. The monoisotopic (exact) mass is 217 g/mol. The van der Waals surface area contributed by atoms with E-state index in [0.717, 1.165) is 0 Å². The van der Waals surface area contributed by atoms with Crippen molar-refractivity contribution in [2.24, 2.45) is 0 Å². The van der Waals surface area contributed by atoms with E-state index in [1.54, 1.807) is 0 Å². The number of hydrogen-bond acceptors (Lipinski definition) is 1. The fourth-order valence-corrected chi connectivity index (χ4v) is 2.53. The summed E-state index contributed by atoms with van der Waals surface area (Å²) in [5, 5.41) is 0. The molecule has 2 rings (SSSR count). The van der Waals surface area contributed by atoms with Gasteiger partial charge in [0, 0.05) is 18.8 Å². The molecule has 1 heteroatoms. The second kappa shape index (κ2) is 4.90. The van der Waals surface area contributed by atoms with E-state index in [0.29, 0.717) is 5.92 Å². The van der Waals surface area contributed by atoms with Crippen molar-refractivity contribution < 1.29 is 0 Å². The summed E-state index contributed by atoms with van der Waals surface area (Å²) in [6.07, 6.45) is 4.11. The van der Waals surface area contributed by atoms with E-state index in [9.17, 15) is 0 Å². The number of anilines is 1. The van der Waals surface area contributed by atoms with Crippen molar-refractivity contribution in [1.29, 1.82) is 0 Å². The standard InChI is InChI=1S/C15H23N/c1-12(2)14-7-8-15(13(3)11-14)16-9-5-4-6-10-16/h7-8,11-12H,4-6,9-10H2,1-3H3. The van der Waals surface area contributed by atoms with E-state index in [1.807, 2.05) is 0 Å². The molecule has 1 heterocycles. The van der Waals surface area contributed by atoms with Crippen molar-refractivity contribution in [2.45, 2.75) is 46.0 Å². The molecule has 0 unspecified atom stereocenters. The fraction of sp³-hybridized carbons (Fsp3) is 0.600. The molecular weight excluding hydrogens is 194 g/mol. The molecule has 1 aromatic carbocycles. The molecule has 16 heavy (non-hydrogen) atoms. The average Bonchev–Trinajstić information content (AvgIpc) is 2.30. The smallest absolute Gasteiger partial charge is 0.0396 e. The van der Waals surface area contributed by atoms with Crippen molar-refractivity contribution in [3.05, 3.63) is 29.3 Å². The highest BCUT2D eigenvalue weighted by Crippen LogP contribution is 2.26. The van der Waals surface area contributed by atoms with Gasteiger partial charge in [-0.05, 0) is 49.3 Å². The number of hydrogen-bond donors (Lipinski definition) is 0. The summed E-state index contributed by atoms with van der Waals surface area (Å²) in [7, 11) is 0. The SMILES string of the molecule is Cc1cc(C(C)C)ccc1N1CCCCC1. The molecule has 0 aliphatic carbocycles. The zero-order chi connectivity index (χ0) is 11.5. The highest BCUT2D eigenvalue weighted by atomic mass is 15.1. The van der Waals surface area contributed by atoms with E-state index >= 15 is 0 Å². The number of benzene rings is 1. The Balaban J connectivity index is 2.21. The molecule has 1 nitrogen and oxygen atoms in total. The molecule has 0 radical (unpaired) electrons. The van der Waals surface area contributed by atoms with Crippen LogP contribution in [0.25, 0.3) is 0 Å². The van der Waals surface area contributed by atoms with Gasteiger partial charge in [0.2, 0.25) is 0 Å². The molecule has 0 atom stereocenters. The van der Waals surface area contributed by atoms with Gasteiger partial charge in [-0.2, -0.15) is 0 Å². The van der Waals surface area contributed by atoms with Crippen LogP contribution in [0.5, 0.6) is 0 Å². The minimum absolute atomic E-state index is 0.633. The maximum Gasteiger partial charge on any atom is 0.0396 e. The van der Waals surface area contributed by atoms with Crippen molar-refractivity contribution in [3.63, 3.8) is 0 Å². The molecule has 0 amide bonds. The minimum Gasteiger partial charge on any atom is -0.371 e. The first kappa shape index (κ1) is 11.5. The molecule has 1 aromatic rings. The number of aryl methyl sites for hydroxylation is 1. The summed E-state index contributed by atoms with van der Waals surface area (Å²) in [5.74, 6) is 0.633. The Hall–Kier alpha value is -0.980. The highest BCUT2D eigenvalue weighted by Gasteiger charge is 2.13. The summed E-state index contributed by atoms with van der Waals surface area (Å²) >= 11 is 0. The predicted octanol–water partition coefficient (Wildman–Crippen LogP) is 4.11. The molecule has 0 aromatic heterocycles. The van der Waals surface area contributed by atoms with Crippen LogP contribution in [0.1, 0.15) is 50.2 Å². The maximum atomic E-state index is 2.54.